The molecule has 0 aliphatic rings. The summed E-state index contributed by atoms with van der Waals surface area (Å²) in [5.74, 6) is 1.26. The predicted molar refractivity (Wildman–Crippen MR) is 93.3 cm³/mol. The van der Waals surface area contributed by atoms with Crippen LogP contribution in [0.4, 0.5) is 11.8 Å². The first-order valence-electron chi connectivity index (χ1n) is 7.55. The average molecular weight is 334 g/mol. The van der Waals surface area contributed by atoms with Gasteiger partial charge < -0.3 is 16.0 Å². The van der Waals surface area contributed by atoms with Gasteiger partial charge in [-0.05, 0) is 27.7 Å². The number of carbonyl (C=O) groups excluding carboxylic acids is 1. The van der Waals surface area contributed by atoms with Crippen molar-refractivity contribution in [2.75, 3.05) is 30.3 Å². The van der Waals surface area contributed by atoms with Gasteiger partial charge in [0.25, 0.3) is 5.91 Å². The van der Waals surface area contributed by atoms with E-state index in [2.05, 4.69) is 30.9 Å². The van der Waals surface area contributed by atoms with E-state index >= 15 is 0 Å². The van der Waals surface area contributed by atoms with Crippen molar-refractivity contribution in [2.24, 2.45) is 0 Å². The monoisotopic (exact) mass is 334 g/mol. The zero-order valence-corrected chi connectivity index (χ0v) is 14.7. The second kappa shape index (κ2) is 7.87. The molecule has 3 N–H and O–H groups in total. The number of carbonyl (C=O) groups is 1. The summed E-state index contributed by atoms with van der Waals surface area (Å²) >= 11 is 1.41. The van der Waals surface area contributed by atoms with Crippen molar-refractivity contribution in [3.05, 3.63) is 27.3 Å². The molecule has 2 heterocycles. The standard InChI is InChI=1S/C15H22N6OS/c1-5-16-12-8-9(2)19-15(21-12)18-7-6-17-14(22)13-10(3)20-11(4)23-13/h8H,5-7H2,1-4H3,(H,17,22)(H2,16,18,19,21). The summed E-state index contributed by atoms with van der Waals surface area (Å²) in [6.45, 7) is 9.53. The van der Waals surface area contributed by atoms with Gasteiger partial charge in [-0.3, -0.25) is 4.79 Å². The van der Waals surface area contributed by atoms with Gasteiger partial charge in [-0.2, -0.15) is 4.98 Å². The molecule has 0 aliphatic heterocycles. The second-order valence-electron chi connectivity index (χ2n) is 5.08. The Balaban J connectivity index is 1.83. The molecule has 0 aliphatic carbocycles. The molecule has 23 heavy (non-hydrogen) atoms. The number of aromatic nitrogens is 3. The van der Waals surface area contributed by atoms with E-state index in [-0.39, 0.29) is 5.91 Å². The van der Waals surface area contributed by atoms with E-state index < -0.39 is 0 Å². The highest BCUT2D eigenvalue weighted by atomic mass is 32.1. The van der Waals surface area contributed by atoms with E-state index in [4.69, 9.17) is 0 Å². The number of amides is 1. The molecule has 7 nitrogen and oxygen atoms in total. The van der Waals surface area contributed by atoms with Gasteiger partial charge in [-0.15, -0.1) is 11.3 Å². The molecular formula is C15H22N6OS. The second-order valence-corrected chi connectivity index (χ2v) is 6.28. The van der Waals surface area contributed by atoms with Crippen LogP contribution in [0.25, 0.3) is 0 Å². The van der Waals surface area contributed by atoms with E-state index in [1.54, 1.807) is 0 Å². The molecule has 0 fully saturated rings. The molecule has 0 bridgehead atoms. The third-order valence-electron chi connectivity index (χ3n) is 3.02. The van der Waals surface area contributed by atoms with E-state index in [1.807, 2.05) is 33.8 Å². The number of aryl methyl sites for hydroxylation is 3. The number of hydrogen-bond donors (Lipinski definition) is 3. The minimum Gasteiger partial charge on any atom is -0.370 e. The summed E-state index contributed by atoms with van der Waals surface area (Å²) in [6, 6.07) is 1.89. The fraction of sp³-hybridized carbons (Fsp3) is 0.467. The number of rotatable bonds is 7. The molecule has 0 spiro atoms. The normalized spacial score (nSPS) is 10.4. The first kappa shape index (κ1) is 17.1. The van der Waals surface area contributed by atoms with Gasteiger partial charge in [0.1, 0.15) is 10.7 Å². The van der Waals surface area contributed by atoms with Gasteiger partial charge in [0.15, 0.2) is 0 Å². The molecule has 2 rings (SSSR count). The maximum atomic E-state index is 12.1. The third kappa shape index (κ3) is 4.88. The largest absolute Gasteiger partial charge is 0.370 e. The van der Waals surface area contributed by atoms with Crippen LogP contribution in [0, 0.1) is 20.8 Å². The minimum atomic E-state index is -0.0894. The Labute approximate surface area is 140 Å². The summed E-state index contributed by atoms with van der Waals surface area (Å²) in [4.78, 5) is 25.7. The molecule has 2 aromatic rings. The molecule has 0 radical (unpaired) electrons. The summed E-state index contributed by atoms with van der Waals surface area (Å²) in [7, 11) is 0. The zero-order chi connectivity index (χ0) is 16.8. The van der Waals surface area contributed by atoms with Gasteiger partial charge in [0.05, 0.1) is 10.7 Å². The van der Waals surface area contributed by atoms with Crippen LogP contribution in [0.1, 0.15) is 33.0 Å². The molecule has 2 aromatic heterocycles. The predicted octanol–water partition coefficient (Wildman–Crippen LogP) is 2.13. The third-order valence-corrected chi connectivity index (χ3v) is 4.09. The molecule has 8 heteroatoms. The average Bonchev–Trinajstić information content (AvgIpc) is 2.82. The molecule has 0 atom stereocenters. The van der Waals surface area contributed by atoms with Crippen molar-refractivity contribution in [3.63, 3.8) is 0 Å². The van der Waals surface area contributed by atoms with Crippen LogP contribution in [0.15, 0.2) is 6.07 Å². The molecular weight excluding hydrogens is 312 g/mol. The van der Waals surface area contributed by atoms with Crippen molar-refractivity contribution in [3.8, 4) is 0 Å². The van der Waals surface area contributed by atoms with Gasteiger partial charge >= 0.3 is 0 Å². The number of thiazole rings is 1. The SMILES string of the molecule is CCNc1cc(C)nc(NCCNC(=O)c2sc(C)nc2C)n1. The topological polar surface area (TPSA) is 91.8 Å². The Morgan fingerprint density at radius 3 is 2.57 bits per heavy atom. The summed E-state index contributed by atoms with van der Waals surface area (Å²) in [6.07, 6.45) is 0. The van der Waals surface area contributed by atoms with Crippen molar-refractivity contribution < 1.29 is 4.79 Å². The van der Waals surface area contributed by atoms with Gasteiger partial charge in [0, 0.05) is 31.4 Å². The van der Waals surface area contributed by atoms with Crippen LogP contribution in [0.2, 0.25) is 0 Å². The Morgan fingerprint density at radius 1 is 1.13 bits per heavy atom. The van der Waals surface area contributed by atoms with E-state index in [1.165, 1.54) is 11.3 Å². The minimum absolute atomic E-state index is 0.0894. The van der Waals surface area contributed by atoms with Crippen molar-refractivity contribution in [1.82, 2.24) is 20.3 Å². The van der Waals surface area contributed by atoms with Crippen molar-refractivity contribution in [1.29, 1.82) is 0 Å². The quantitative estimate of drug-likeness (QED) is 0.672. The Hall–Kier alpha value is -2.22. The van der Waals surface area contributed by atoms with Gasteiger partial charge in [0.2, 0.25) is 5.95 Å². The van der Waals surface area contributed by atoms with E-state index in [9.17, 15) is 4.79 Å². The van der Waals surface area contributed by atoms with E-state index in [0.29, 0.717) is 23.9 Å². The lowest BCUT2D eigenvalue weighted by atomic mass is 10.3. The Morgan fingerprint density at radius 2 is 1.91 bits per heavy atom. The lowest BCUT2D eigenvalue weighted by Gasteiger charge is -2.09. The van der Waals surface area contributed by atoms with Crippen molar-refractivity contribution in [2.45, 2.75) is 27.7 Å². The fourth-order valence-corrected chi connectivity index (χ4v) is 2.93. The van der Waals surface area contributed by atoms with Gasteiger partial charge in [-0.25, -0.2) is 9.97 Å². The molecule has 0 aromatic carbocycles. The lowest BCUT2D eigenvalue weighted by molar-refractivity contribution is 0.0958. The maximum Gasteiger partial charge on any atom is 0.263 e. The number of hydrogen-bond acceptors (Lipinski definition) is 7. The molecule has 124 valence electrons. The Kier molecular flexibility index (Phi) is 5.86. The molecule has 0 saturated heterocycles. The van der Waals surface area contributed by atoms with Crippen molar-refractivity contribution >= 4 is 29.0 Å². The van der Waals surface area contributed by atoms with Gasteiger partial charge in [-0.1, -0.05) is 0 Å². The number of nitrogens with one attached hydrogen (secondary N) is 3. The van der Waals surface area contributed by atoms with Crippen LogP contribution < -0.4 is 16.0 Å². The smallest absolute Gasteiger partial charge is 0.263 e. The highest BCUT2D eigenvalue weighted by Gasteiger charge is 2.12. The summed E-state index contributed by atoms with van der Waals surface area (Å²) in [5.41, 5.74) is 1.66. The highest BCUT2D eigenvalue weighted by Crippen LogP contribution is 2.16. The molecule has 1 amide bonds. The Bertz CT molecular complexity index is 685. The molecule has 0 unspecified atom stereocenters. The van der Waals surface area contributed by atoms with E-state index in [0.717, 1.165) is 28.8 Å². The number of nitrogens with zero attached hydrogens (tertiary/aromatic N) is 3. The maximum absolute atomic E-state index is 12.1. The molecule has 0 saturated carbocycles. The highest BCUT2D eigenvalue weighted by molar-refractivity contribution is 7.13. The van der Waals surface area contributed by atoms with Crippen LogP contribution in [-0.4, -0.2) is 40.5 Å². The van der Waals surface area contributed by atoms with Crippen LogP contribution in [0.3, 0.4) is 0 Å². The first-order valence-corrected chi connectivity index (χ1v) is 8.37. The summed E-state index contributed by atoms with van der Waals surface area (Å²) in [5, 5.41) is 10.1. The van der Waals surface area contributed by atoms with Crippen LogP contribution in [-0.2, 0) is 0 Å². The first-order chi connectivity index (χ1) is 11.0. The number of anilines is 2. The lowest BCUT2D eigenvalue weighted by Crippen LogP contribution is -2.29. The van der Waals surface area contributed by atoms with Crippen LogP contribution in [0.5, 0.6) is 0 Å². The zero-order valence-electron chi connectivity index (χ0n) is 13.9. The fourth-order valence-electron chi connectivity index (χ4n) is 2.09. The summed E-state index contributed by atoms with van der Waals surface area (Å²) < 4.78 is 0. The van der Waals surface area contributed by atoms with Crippen LogP contribution >= 0.6 is 11.3 Å².